The molecule has 0 fully saturated rings. The van der Waals surface area contributed by atoms with Gasteiger partial charge >= 0.3 is 5.97 Å². The molecule has 0 aliphatic rings. The largest absolute Gasteiger partial charge is 0.481 e. The predicted octanol–water partition coefficient (Wildman–Crippen LogP) is 2.08. The molecule has 0 aliphatic heterocycles. The molecule has 1 aromatic rings. The molecule has 3 nitrogen and oxygen atoms in total. The van der Waals surface area contributed by atoms with Crippen LogP contribution in [0, 0.1) is 5.82 Å². The summed E-state index contributed by atoms with van der Waals surface area (Å²) in [5.41, 5.74) is 1.22. The molecule has 1 atom stereocenters. The van der Waals surface area contributed by atoms with Crippen LogP contribution in [-0.4, -0.2) is 25.2 Å². The van der Waals surface area contributed by atoms with Gasteiger partial charge in [0.1, 0.15) is 5.82 Å². The van der Waals surface area contributed by atoms with Gasteiger partial charge in [0.25, 0.3) is 0 Å². The van der Waals surface area contributed by atoms with E-state index in [1.807, 2.05) is 0 Å². The fourth-order valence-electron chi connectivity index (χ4n) is 1.41. The first kappa shape index (κ1) is 11.5. The maximum absolute atomic E-state index is 13.0. The highest BCUT2D eigenvalue weighted by Crippen LogP contribution is 2.27. The molecule has 0 spiro atoms. The van der Waals surface area contributed by atoms with E-state index in [2.05, 4.69) is 0 Å². The normalized spacial score (nSPS) is 12.3. The first-order valence-corrected chi connectivity index (χ1v) is 4.63. The fraction of sp³-hybridized carbons (Fsp3) is 0.364. The molecule has 0 bridgehead atoms. The van der Waals surface area contributed by atoms with Crippen LogP contribution >= 0.6 is 0 Å². The predicted molar refractivity (Wildman–Crippen MR) is 56.8 cm³/mol. The first-order valence-electron chi connectivity index (χ1n) is 4.63. The highest BCUT2D eigenvalue weighted by atomic mass is 19.1. The number of carbonyl (C=O) groups is 1. The van der Waals surface area contributed by atoms with Gasteiger partial charge in [-0.05, 0) is 30.7 Å². The molecule has 82 valence electrons. The molecule has 0 saturated carbocycles. The highest BCUT2D eigenvalue weighted by Gasteiger charge is 2.18. The lowest BCUT2D eigenvalue weighted by atomic mass is 9.99. The summed E-state index contributed by atoms with van der Waals surface area (Å²) in [5.74, 6) is -2.08. The molecule has 0 amide bonds. The minimum absolute atomic E-state index is 0.413. The van der Waals surface area contributed by atoms with Crippen molar-refractivity contribution in [3.63, 3.8) is 0 Å². The molecular formula is C11H14FNO2. The Labute approximate surface area is 88.1 Å². The maximum atomic E-state index is 13.0. The number of anilines is 1. The van der Waals surface area contributed by atoms with Crippen molar-refractivity contribution in [2.75, 3.05) is 19.0 Å². The van der Waals surface area contributed by atoms with E-state index in [1.165, 1.54) is 12.1 Å². The van der Waals surface area contributed by atoms with Crippen LogP contribution in [-0.2, 0) is 4.79 Å². The monoisotopic (exact) mass is 211 g/mol. The van der Waals surface area contributed by atoms with Gasteiger partial charge < -0.3 is 10.0 Å². The number of aliphatic carboxylic acids is 1. The van der Waals surface area contributed by atoms with Gasteiger partial charge in [0.05, 0.1) is 5.92 Å². The Morgan fingerprint density at radius 1 is 1.47 bits per heavy atom. The molecule has 0 aromatic heterocycles. The van der Waals surface area contributed by atoms with Crippen LogP contribution in [0.3, 0.4) is 0 Å². The van der Waals surface area contributed by atoms with Crippen LogP contribution in [0.5, 0.6) is 0 Å². The summed E-state index contributed by atoms with van der Waals surface area (Å²) in [7, 11) is 3.59. The van der Waals surface area contributed by atoms with Crippen LogP contribution in [0.1, 0.15) is 18.4 Å². The Morgan fingerprint density at radius 2 is 2.07 bits per heavy atom. The number of hydrogen-bond acceptors (Lipinski definition) is 2. The smallest absolute Gasteiger partial charge is 0.310 e. The van der Waals surface area contributed by atoms with Gasteiger partial charge in [-0.3, -0.25) is 4.79 Å². The molecular weight excluding hydrogens is 197 g/mol. The van der Waals surface area contributed by atoms with E-state index in [0.717, 1.165) is 5.69 Å². The molecule has 1 aromatic carbocycles. The lowest BCUT2D eigenvalue weighted by molar-refractivity contribution is -0.138. The van der Waals surface area contributed by atoms with E-state index < -0.39 is 17.7 Å². The molecule has 1 N–H and O–H groups in total. The van der Waals surface area contributed by atoms with Gasteiger partial charge in [-0.25, -0.2) is 4.39 Å². The lowest BCUT2D eigenvalue weighted by Crippen LogP contribution is -2.16. The van der Waals surface area contributed by atoms with E-state index in [-0.39, 0.29) is 0 Å². The van der Waals surface area contributed by atoms with Crippen molar-refractivity contribution < 1.29 is 14.3 Å². The van der Waals surface area contributed by atoms with E-state index in [1.54, 1.807) is 32.0 Å². The minimum atomic E-state index is -0.955. The number of rotatable bonds is 3. The van der Waals surface area contributed by atoms with Gasteiger partial charge in [0, 0.05) is 19.8 Å². The SMILES string of the molecule is CC(C(=O)O)c1cc(F)ccc1N(C)C. The third-order valence-electron chi connectivity index (χ3n) is 2.31. The Hall–Kier alpha value is -1.58. The third-order valence-corrected chi connectivity index (χ3v) is 2.31. The molecule has 0 aliphatic carbocycles. The van der Waals surface area contributed by atoms with Crippen molar-refractivity contribution >= 4 is 11.7 Å². The third kappa shape index (κ3) is 2.46. The van der Waals surface area contributed by atoms with Gasteiger partial charge in [0.15, 0.2) is 0 Å². The molecule has 0 heterocycles. The summed E-state index contributed by atoms with van der Waals surface area (Å²) < 4.78 is 13.0. The van der Waals surface area contributed by atoms with Gasteiger partial charge in [-0.2, -0.15) is 0 Å². The zero-order chi connectivity index (χ0) is 11.6. The topological polar surface area (TPSA) is 40.5 Å². The van der Waals surface area contributed by atoms with E-state index in [0.29, 0.717) is 5.56 Å². The van der Waals surface area contributed by atoms with E-state index >= 15 is 0 Å². The average molecular weight is 211 g/mol. The molecule has 0 saturated heterocycles. The van der Waals surface area contributed by atoms with E-state index in [4.69, 9.17) is 5.11 Å². The average Bonchev–Trinajstić information content (AvgIpc) is 2.15. The number of halogens is 1. The first-order chi connectivity index (χ1) is 6.93. The van der Waals surface area contributed by atoms with Crippen molar-refractivity contribution in [2.24, 2.45) is 0 Å². The van der Waals surface area contributed by atoms with Gasteiger partial charge in [-0.15, -0.1) is 0 Å². The Bertz CT molecular complexity index is 377. The van der Waals surface area contributed by atoms with Gasteiger partial charge in [0.2, 0.25) is 0 Å². The second kappa shape index (κ2) is 4.29. The minimum Gasteiger partial charge on any atom is -0.481 e. The van der Waals surface area contributed by atoms with Crippen LogP contribution in [0.15, 0.2) is 18.2 Å². The van der Waals surface area contributed by atoms with Crippen molar-refractivity contribution in [3.8, 4) is 0 Å². The quantitative estimate of drug-likeness (QED) is 0.832. The molecule has 15 heavy (non-hydrogen) atoms. The van der Waals surface area contributed by atoms with E-state index in [9.17, 15) is 9.18 Å². The van der Waals surface area contributed by atoms with Crippen molar-refractivity contribution in [1.29, 1.82) is 0 Å². The van der Waals surface area contributed by atoms with Crippen LogP contribution < -0.4 is 4.90 Å². The Kier molecular flexibility index (Phi) is 3.29. The summed E-state index contributed by atoms with van der Waals surface area (Å²) in [6, 6.07) is 4.19. The maximum Gasteiger partial charge on any atom is 0.310 e. The fourth-order valence-corrected chi connectivity index (χ4v) is 1.41. The summed E-state index contributed by atoms with van der Waals surface area (Å²) >= 11 is 0. The zero-order valence-corrected chi connectivity index (χ0v) is 8.99. The number of hydrogen-bond donors (Lipinski definition) is 1. The highest BCUT2D eigenvalue weighted by molar-refractivity contribution is 5.78. The Balaban J connectivity index is 3.24. The van der Waals surface area contributed by atoms with Crippen LogP contribution in [0.2, 0.25) is 0 Å². The molecule has 0 radical (unpaired) electrons. The number of nitrogens with zero attached hydrogens (tertiary/aromatic N) is 1. The second-order valence-corrected chi connectivity index (χ2v) is 3.66. The number of benzene rings is 1. The molecule has 1 unspecified atom stereocenters. The van der Waals surface area contributed by atoms with Crippen LogP contribution in [0.4, 0.5) is 10.1 Å². The number of carboxylic acids is 1. The summed E-state index contributed by atoms with van der Waals surface area (Å²) in [6.45, 7) is 1.55. The van der Waals surface area contributed by atoms with Crippen LogP contribution in [0.25, 0.3) is 0 Å². The standard InChI is InChI=1S/C11H14FNO2/c1-7(11(14)15)9-6-8(12)4-5-10(9)13(2)3/h4-7H,1-3H3,(H,14,15). The van der Waals surface area contributed by atoms with Crippen molar-refractivity contribution in [2.45, 2.75) is 12.8 Å². The summed E-state index contributed by atoms with van der Waals surface area (Å²) in [4.78, 5) is 12.6. The zero-order valence-electron chi connectivity index (χ0n) is 8.99. The Morgan fingerprint density at radius 3 is 2.53 bits per heavy atom. The second-order valence-electron chi connectivity index (χ2n) is 3.66. The summed E-state index contributed by atoms with van der Waals surface area (Å²) in [5, 5.41) is 8.89. The molecule has 1 rings (SSSR count). The lowest BCUT2D eigenvalue weighted by Gasteiger charge is -2.19. The summed E-state index contributed by atoms with van der Waals surface area (Å²) in [6.07, 6.45) is 0. The van der Waals surface area contributed by atoms with Crippen molar-refractivity contribution in [3.05, 3.63) is 29.6 Å². The van der Waals surface area contributed by atoms with Gasteiger partial charge in [-0.1, -0.05) is 0 Å². The molecule has 4 heteroatoms. The van der Waals surface area contributed by atoms with Crippen molar-refractivity contribution in [1.82, 2.24) is 0 Å². The number of carboxylic acid groups (broad SMARTS) is 1.